The van der Waals surface area contributed by atoms with Crippen molar-refractivity contribution in [1.82, 2.24) is 19.8 Å². The van der Waals surface area contributed by atoms with Gasteiger partial charge in [0, 0.05) is 26.2 Å². The van der Waals surface area contributed by atoms with Crippen molar-refractivity contribution in [3.05, 3.63) is 17.2 Å². The predicted octanol–water partition coefficient (Wildman–Crippen LogP) is 1.26. The number of nitrogens with zero attached hydrogens (tertiary/aromatic N) is 3. The van der Waals surface area contributed by atoms with Crippen LogP contribution in [0.3, 0.4) is 0 Å². The Balaban J connectivity index is 1.65. The maximum absolute atomic E-state index is 6.01. The van der Waals surface area contributed by atoms with Gasteiger partial charge in [-0.25, -0.2) is 4.98 Å². The Hall–Kier alpha value is -0.580. The van der Waals surface area contributed by atoms with Gasteiger partial charge in [-0.05, 0) is 25.3 Å². The van der Waals surface area contributed by atoms with E-state index in [9.17, 15) is 0 Å². The molecule has 5 heteroatoms. The smallest absolute Gasteiger partial charge is 0.128 e. The second-order valence-electron chi connectivity index (χ2n) is 5.21. The molecular formula is C12H19ClN4. The molecule has 0 aliphatic carbocycles. The van der Waals surface area contributed by atoms with Crippen molar-refractivity contribution in [2.24, 2.45) is 13.0 Å². The summed E-state index contributed by atoms with van der Waals surface area (Å²) in [6.07, 6.45) is 4.43. The van der Waals surface area contributed by atoms with E-state index in [4.69, 9.17) is 11.6 Å². The summed E-state index contributed by atoms with van der Waals surface area (Å²) in [5.41, 5.74) is 0. The van der Waals surface area contributed by atoms with E-state index in [0.29, 0.717) is 6.04 Å². The van der Waals surface area contributed by atoms with Gasteiger partial charge in [0.1, 0.15) is 11.0 Å². The van der Waals surface area contributed by atoms with Crippen molar-refractivity contribution in [1.29, 1.82) is 0 Å². The summed E-state index contributed by atoms with van der Waals surface area (Å²) >= 11 is 6.01. The van der Waals surface area contributed by atoms with Gasteiger partial charge in [-0.3, -0.25) is 4.90 Å². The number of hydrogen-bond acceptors (Lipinski definition) is 3. The molecule has 4 nitrogen and oxygen atoms in total. The molecule has 2 aliphatic rings. The topological polar surface area (TPSA) is 33.1 Å². The number of hydrogen-bond donors (Lipinski definition) is 1. The molecule has 1 N–H and O–H groups in total. The van der Waals surface area contributed by atoms with E-state index in [1.807, 2.05) is 11.6 Å². The Morgan fingerprint density at radius 2 is 2.41 bits per heavy atom. The first-order valence-corrected chi connectivity index (χ1v) is 6.73. The molecular weight excluding hydrogens is 236 g/mol. The molecule has 2 atom stereocenters. The fourth-order valence-electron chi connectivity index (χ4n) is 3.04. The number of piperidine rings is 1. The average Bonchev–Trinajstić information content (AvgIpc) is 2.87. The van der Waals surface area contributed by atoms with Crippen LogP contribution in [0.15, 0.2) is 6.20 Å². The van der Waals surface area contributed by atoms with Gasteiger partial charge in [-0.15, -0.1) is 0 Å². The summed E-state index contributed by atoms with van der Waals surface area (Å²) in [5, 5.41) is 4.34. The molecule has 0 spiro atoms. The molecule has 0 amide bonds. The number of rotatable bonds is 2. The van der Waals surface area contributed by atoms with Gasteiger partial charge in [0.2, 0.25) is 0 Å². The van der Waals surface area contributed by atoms with Crippen molar-refractivity contribution in [2.45, 2.75) is 25.4 Å². The van der Waals surface area contributed by atoms with Crippen molar-refractivity contribution in [3.63, 3.8) is 0 Å². The minimum absolute atomic E-state index is 0.694. The quantitative estimate of drug-likeness (QED) is 0.863. The van der Waals surface area contributed by atoms with E-state index in [2.05, 4.69) is 15.2 Å². The van der Waals surface area contributed by atoms with E-state index in [-0.39, 0.29) is 0 Å². The highest BCUT2D eigenvalue weighted by Gasteiger charge is 2.34. The van der Waals surface area contributed by atoms with Crippen LogP contribution in [-0.4, -0.2) is 40.1 Å². The Kier molecular flexibility index (Phi) is 3.11. The number of nitrogens with one attached hydrogen (secondary N) is 1. The van der Waals surface area contributed by atoms with E-state index in [1.54, 1.807) is 6.20 Å². The minimum atomic E-state index is 0.694. The molecule has 0 bridgehead atoms. The third kappa shape index (κ3) is 2.21. The Bertz CT molecular complexity index is 389. The third-order valence-corrected chi connectivity index (χ3v) is 4.42. The molecule has 0 saturated carbocycles. The summed E-state index contributed by atoms with van der Waals surface area (Å²) < 4.78 is 1.97. The fraction of sp³-hybridized carbons (Fsp3) is 0.750. The molecule has 3 heterocycles. The summed E-state index contributed by atoms with van der Waals surface area (Å²) in [6.45, 7) is 4.44. The fourth-order valence-corrected chi connectivity index (χ4v) is 3.18. The van der Waals surface area contributed by atoms with Crippen LogP contribution in [0.5, 0.6) is 0 Å². The summed E-state index contributed by atoms with van der Waals surface area (Å²) in [6, 6.07) is 0.694. The lowest BCUT2D eigenvalue weighted by Gasteiger charge is -2.24. The van der Waals surface area contributed by atoms with Crippen LogP contribution < -0.4 is 5.32 Å². The summed E-state index contributed by atoms with van der Waals surface area (Å²) in [5.74, 6) is 1.90. The first-order chi connectivity index (χ1) is 8.24. The number of fused-ring (bicyclic) bond motifs is 1. The second kappa shape index (κ2) is 4.59. The largest absolute Gasteiger partial charge is 0.321 e. The zero-order chi connectivity index (χ0) is 11.8. The molecule has 17 heavy (non-hydrogen) atoms. The van der Waals surface area contributed by atoms with Crippen LogP contribution in [0, 0.1) is 5.92 Å². The van der Waals surface area contributed by atoms with Crippen LogP contribution in [0.25, 0.3) is 0 Å². The van der Waals surface area contributed by atoms with E-state index < -0.39 is 0 Å². The molecule has 1 aromatic heterocycles. The van der Waals surface area contributed by atoms with Gasteiger partial charge in [0.25, 0.3) is 0 Å². The van der Waals surface area contributed by atoms with Gasteiger partial charge >= 0.3 is 0 Å². The third-order valence-electron chi connectivity index (χ3n) is 4.07. The highest BCUT2D eigenvalue weighted by molar-refractivity contribution is 6.29. The van der Waals surface area contributed by atoms with Crippen molar-refractivity contribution in [2.75, 3.05) is 19.6 Å². The molecule has 94 valence electrons. The van der Waals surface area contributed by atoms with Crippen LogP contribution in [0.1, 0.15) is 18.7 Å². The Morgan fingerprint density at radius 1 is 1.53 bits per heavy atom. The van der Waals surface area contributed by atoms with E-state index in [1.165, 1.54) is 25.9 Å². The van der Waals surface area contributed by atoms with Gasteiger partial charge in [0.05, 0.1) is 12.7 Å². The number of likely N-dealkylation sites (tertiary alicyclic amines) is 1. The molecule has 2 fully saturated rings. The van der Waals surface area contributed by atoms with Crippen molar-refractivity contribution < 1.29 is 0 Å². The number of imidazole rings is 1. The second-order valence-corrected chi connectivity index (χ2v) is 5.60. The zero-order valence-corrected chi connectivity index (χ0v) is 11.0. The number of halogens is 1. The average molecular weight is 255 g/mol. The highest BCUT2D eigenvalue weighted by Crippen LogP contribution is 2.26. The summed E-state index contributed by atoms with van der Waals surface area (Å²) in [7, 11) is 1.98. The normalized spacial score (nSPS) is 29.5. The molecule has 2 saturated heterocycles. The Labute approximate surface area is 107 Å². The van der Waals surface area contributed by atoms with E-state index in [0.717, 1.165) is 30.0 Å². The lowest BCUT2D eigenvalue weighted by atomic mass is 9.94. The van der Waals surface area contributed by atoms with Crippen LogP contribution in [-0.2, 0) is 13.6 Å². The highest BCUT2D eigenvalue weighted by atomic mass is 35.5. The standard InChI is InChI=1S/C12H19ClN4/c1-16-11(13)5-15-12(16)8-17-6-9-3-2-4-14-10(9)7-17/h5,9-10,14H,2-4,6-8H2,1H3/t9-,10+/m0/s1. The van der Waals surface area contributed by atoms with Gasteiger partial charge in [-0.2, -0.15) is 0 Å². The lowest BCUT2D eigenvalue weighted by Crippen LogP contribution is -2.40. The minimum Gasteiger partial charge on any atom is -0.321 e. The summed E-state index contributed by atoms with van der Waals surface area (Å²) in [4.78, 5) is 6.86. The maximum atomic E-state index is 6.01. The van der Waals surface area contributed by atoms with Crippen molar-refractivity contribution >= 4 is 11.6 Å². The first kappa shape index (κ1) is 11.5. The maximum Gasteiger partial charge on any atom is 0.128 e. The van der Waals surface area contributed by atoms with Crippen LogP contribution in [0.2, 0.25) is 5.15 Å². The molecule has 3 rings (SSSR count). The molecule has 0 unspecified atom stereocenters. The molecule has 0 aromatic carbocycles. The molecule has 0 radical (unpaired) electrons. The Morgan fingerprint density at radius 3 is 3.12 bits per heavy atom. The van der Waals surface area contributed by atoms with Gasteiger partial charge in [-0.1, -0.05) is 11.6 Å². The first-order valence-electron chi connectivity index (χ1n) is 6.36. The monoisotopic (exact) mass is 254 g/mol. The molecule has 2 aliphatic heterocycles. The van der Waals surface area contributed by atoms with Gasteiger partial charge in [0.15, 0.2) is 0 Å². The SMILES string of the molecule is Cn1c(Cl)cnc1CN1C[C@@H]2CCCN[C@@H]2C1. The van der Waals surface area contributed by atoms with Gasteiger partial charge < -0.3 is 9.88 Å². The van der Waals surface area contributed by atoms with Crippen LogP contribution in [0.4, 0.5) is 0 Å². The van der Waals surface area contributed by atoms with E-state index >= 15 is 0 Å². The lowest BCUT2D eigenvalue weighted by molar-refractivity contribution is 0.302. The van der Waals surface area contributed by atoms with Crippen molar-refractivity contribution in [3.8, 4) is 0 Å². The number of aromatic nitrogens is 2. The van der Waals surface area contributed by atoms with Crippen LogP contribution >= 0.6 is 11.6 Å². The molecule has 1 aromatic rings. The zero-order valence-electron chi connectivity index (χ0n) is 10.2. The predicted molar refractivity (Wildman–Crippen MR) is 68.0 cm³/mol.